The van der Waals surface area contributed by atoms with Crippen molar-refractivity contribution in [2.45, 2.75) is 32.4 Å². The summed E-state index contributed by atoms with van der Waals surface area (Å²) in [7, 11) is 0. The molecule has 1 saturated heterocycles. The minimum atomic E-state index is 0.132. The molecule has 1 rings (SSSR count). The van der Waals surface area contributed by atoms with Gasteiger partial charge in [-0.05, 0) is 19.9 Å². The fourth-order valence-electron chi connectivity index (χ4n) is 1.62. The quantitative estimate of drug-likeness (QED) is 0.678. The van der Waals surface area contributed by atoms with E-state index in [0.717, 1.165) is 18.5 Å². The molecule has 82 valence electrons. The number of nitrogens with one attached hydrogen (secondary N) is 1. The molecular formula is C11H21NO2. The Morgan fingerprint density at radius 2 is 2.36 bits per heavy atom. The van der Waals surface area contributed by atoms with Crippen molar-refractivity contribution in [3.05, 3.63) is 12.2 Å². The normalized spacial score (nSPS) is 24.6. The number of hydrogen-bond donors (Lipinski definition) is 1. The molecule has 2 atom stereocenters. The van der Waals surface area contributed by atoms with Gasteiger partial charge in [0.05, 0.1) is 32.0 Å². The van der Waals surface area contributed by atoms with E-state index in [1.54, 1.807) is 0 Å². The molecule has 14 heavy (non-hydrogen) atoms. The second-order valence-corrected chi connectivity index (χ2v) is 3.76. The summed E-state index contributed by atoms with van der Waals surface area (Å²) in [5.74, 6) is 0. The maximum Gasteiger partial charge on any atom is 0.1000 e. The van der Waals surface area contributed by atoms with Crippen LogP contribution in [0.4, 0.5) is 0 Å². The van der Waals surface area contributed by atoms with Gasteiger partial charge in [0.2, 0.25) is 0 Å². The van der Waals surface area contributed by atoms with Crippen LogP contribution in [-0.2, 0) is 9.47 Å². The average molecular weight is 199 g/mol. The van der Waals surface area contributed by atoms with E-state index in [1.807, 2.05) is 6.92 Å². The third kappa shape index (κ3) is 3.40. The van der Waals surface area contributed by atoms with Crippen LogP contribution in [-0.4, -0.2) is 38.5 Å². The molecule has 0 aromatic rings. The van der Waals surface area contributed by atoms with Gasteiger partial charge in [0, 0.05) is 0 Å². The van der Waals surface area contributed by atoms with Gasteiger partial charge in [-0.25, -0.2) is 0 Å². The van der Waals surface area contributed by atoms with E-state index in [1.165, 1.54) is 0 Å². The lowest BCUT2D eigenvalue weighted by Gasteiger charge is -2.31. The number of rotatable bonds is 5. The zero-order chi connectivity index (χ0) is 10.4. The maximum atomic E-state index is 5.65. The smallest absolute Gasteiger partial charge is 0.1000 e. The number of hydrogen-bond acceptors (Lipinski definition) is 3. The standard InChI is InChI=1S/C11H21NO2/c1-4-5-12-11(9(2)3)10-8-13-6-7-14-10/h10-12H,2,4-8H2,1,3H3. The largest absolute Gasteiger partial charge is 0.376 e. The Morgan fingerprint density at radius 1 is 1.57 bits per heavy atom. The lowest BCUT2D eigenvalue weighted by molar-refractivity contribution is -0.0967. The Hall–Kier alpha value is -0.380. The van der Waals surface area contributed by atoms with Crippen LogP contribution in [0, 0.1) is 0 Å². The Bertz CT molecular complexity index is 176. The van der Waals surface area contributed by atoms with Gasteiger partial charge in [-0.3, -0.25) is 0 Å². The molecule has 3 heteroatoms. The predicted octanol–water partition coefficient (Wildman–Crippen LogP) is 1.35. The van der Waals surface area contributed by atoms with Gasteiger partial charge in [0.1, 0.15) is 0 Å². The lowest BCUT2D eigenvalue weighted by Crippen LogP contribution is -2.47. The van der Waals surface area contributed by atoms with Gasteiger partial charge in [0.25, 0.3) is 0 Å². The summed E-state index contributed by atoms with van der Waals surface area (Å²) in [5.41, 5.74) is 1.12. The van der Waals surface area contributed by atoms with Gasteiger partial charge in [-0.2, -0.15) is 0 Å². The van der Waals surface area contributed by atoms with Gasteiger partial charge in [-0.1, -0.05) is 19.1 Å². The molecule has 1 N–H and O–H groups in total. The van der Waals surface area contributed by atoms with E-state index in [4.69, 9.17) is 9.47 Å². The van der Waals surface area contributed by atoms with Crippen LogP contribution in [0.2, 0.25) is 0 Å². The van der Waals surface area contributed by atoms with Crippen LogP contribution in [0.5, 0.6) is 0 Å². The molecule has 0 radical (unpaired) electrons. The number of ether oxygens (including phenoxy) is 2. The summed E-state index contributed by atoms with van der Waals surface area (Å²) in [4.78, 5) is 0. The summed E-state index contributed by atoms with van der Waals surface area (Å²) in [6.45, 7) is 11.3. The van der Waals surface area contributed by atoms with Crippen LogP contribution in [0.15, 0.2) is 12.2 Å². The Labute approximate surface area is 86.5 Å². The SMILES string of the molecule is C=C(C)C(NCCC)C1COCCO1. The van der Waals surface area contributed by atoms with E-state index in [2.05, 4.69) is 18.8 Å². The summed E-state index contributed by atoms with van der Waals surface area (Å²) in [5, 5.41) is 3.43. The molecule has 0 aromatic carbocycles. The monoisotopic (exact) mass is 199 g/mol. The molecule has 1 aliphatic rings. The third-order valence-corrected chi connectivity index (χ3v) is 2.36. The molecule has 0 aliphatic carbocycles. The van der Waals surface area contributed by atoms with Gasteiger partial charge >= 0.3 is 0 Å². The Kier molecular flexibility index (Phi) is 5.15. The summed E-state index contributed by atoms with van der Waals surface area (Å²) in [6.07, 6.45) is 1.25. The zero-order valence-electron chi connectivity index (χ0n) is 9.21. The molecular weight excluding hydrogens is 178 g/mol. The van der Waals surface area contributed by atoms with Crippen LogP contribution >= 0.6 is 0 Å². The van der Waals surface area contributed by atoms with Crippen LogP contribution in [0.1, 0.15) is 20.3 Å². The summed E-state index contributed by atoms with van der Waals surface area (Å²) in [6, 6.07) is 0.232. The van der Waals surface area contributed by atoms with Crippen molar-refractivity contribution in [3.63, 3.8) is 0 Å². The predicted molar refractivity (Wildman–Crippen MR) is 57.5 cm³/mol. The van der Waals surface area contributed by atoms with Crippen molar-refractivity contribution in [2.75, 3.05) is 26.4 Å². The fraction of sp³-hybridized carbons (Fsp3) is 0.818. The summed E-state index contributed by atoms with van der Waals surface area (Å²) >= 11 is 0. The van der Waals surface area contributed by atoms with Crippen molar-refractivity contribution < 1.29 is 9.47 Å². The maximum absolute atomic E-state index is 5.65. The molecule has 1 fully saturated rings. The van der Waals surface area contributed by atoms with E-state index in [0.29, 0.717) is 19.8 Å². The van der Waals surface area contributed by atoms with Crippen molar-refractivity contribution in [1.29, 1.82) is 0 Å². The van der Waals surface area contributed by atoms with Crippen molar-refractivity contribution in [2.24, 2.45) is 0 Å². The van der Waals surface area contributed by atoms with Crippen LogP contribution in [0.25, 0.3) is 0 Å². The highest BCUT2D eigenvalue weighted by atomic mass is 16.6. The Balaban J connectivity index is 2.43. The molecule has 1 heterocycles. The third-order valence-electron chi connectivity index (χ3n) is 2.36. The highest BCUT2D eigenvalue weighted by Gasteiger charge is 2.24. The van der Waals surface area contributed by atoms with Gasteiger partial charge in [-0.15, -0.1) is 0 Å². The van der Waals surface area contributed by atoms with Gasteiger partial charge < -0.3 is 14.8 Å². The lowest BCUT2D eigenvalue weighted by atomic mass is 10.0. The highest BCUT2D eigenvalue weighted by Crippen LogP contribution is 2.11. The highest BCUT2D eigenvalue weighted by molar-refractivity contribution is 5.05. The molecule has 1 aliphatic heterocycles. The molecule has 0 bridgehead atoms. The first-order chi connectivity index (χ1) is 6.75. The average Bonchev–Trinajstić information content (AvgIpc) is 2.19. The molecule has 0 amide bonds. The fourth-order valence-corrected chi connectivity index (χ4v) is 1.62. The molecule has 0 spiro atoms. The first kappa shape index (κ1) is 11.7. The molecule has 2 unspecified atom stereocenters. The van der Waals surface area contributed by atoms with Gasteiger partial charge in [0.15, 0.2) is 0 Å². The van der Waals surface area contributed by atoms with Crippen molar-refractivity contribution in [3.8, 4) is 0 Å². The first-order valence-electron chi connectivity index (χ1n) is 5.33. The minimum Gasteiger partial charge on any atom is -0.376 e. The van der Waals surface area contributed by atoms with E-state index in [-0.39, 0.29) is 12.1 Å². The minimum absolute atomic E-state index is 0.132. The first-order valence-corrected chi connectivity index (χ1v) is 5.33. The van der Waals surface area contributed by atoms with Crippen molar-refractivity contribution >= 4 is 0 Å². The van der Waals surface area contributed by atoms with Crippen LogP contribution < -0.4 is 5.32 Å². The summed E-state index contributed by atoms with van der Waals surface area (Å²) < 4.78 is 11.0. The topological polar surface area (TPSA) is 30.5 Å². The van der Waals surface area contributed by atoms with Crippen LogP contribution in [0.3, 0.4) is 0 Å². The van der Waals surface area contributed by atoms with E-state index in [9.17, 15) is 0 Å². The molecule has 3 nitrogen and oxygen atoms in total. The van der Waals surface area contributed by atoms with E-state index < -0.39 is 0 Å². The van der Waals surface area contributed by atoms with E-state index >= 15 is 0 Å². The second-order valence-electron chi connectivity index (χ2n) is 3.76. The molecule has 0 saturated carbocycles. The Morgan fingerprint density at radius 3 is 2.86 bits per heavy atom. The zero-order valence-corrected chi connectivity index (χ0v) is 9.21. The molecule has 0 aromatic heterocycles. The van der Waals surface area contributed by atoms with Crippen molar-refractivity contribution in [1.82, 2.24) is 5.32 Å². The second kappa shape index (κ2) is 6.17.